The van der Waals surface area contributed by atoms with Crippen molar-refractivity contribution in [3.63, 3.8) is 0 Å². The van der Waals surface area contributed by atoms with E-state index in [0.29, 0.717) is 5.82 Å². The molecule has 21 heavy (non-hydrogen) atoms. The lowest BCUT2D eigenvalue weighted by Gasteiger charge is -2.06. The molecule has 0 saturated heterocycles. The number of rotatable bonds is 4. The normalized spacial score (nSPS) is 10.5. The lowest BCUT2D eigenvalue weighted by Crippen LogP contribution is -2.19. The topological polar surface area (TPSA) is 85.8 Å². The van der Waals surface area contributed by atoms with Crippen LogP contribution in [-0.2, 0) is 11.3 Å². The number of nitrogens with one attached hydrogen (secondary N) is 1. The Balaban J connectivity index is 1.63. The summed E-state index contributed by atoms with van der Waals surface area (Å²) in [5.74, 6) is 0.246. The molecule has 2 heterocycles. The molecule has 3 aromatic rings. The van der Waals surface area contributed by atoms with Crippen molar-refractivity contribution < 1.29 is 4.79 Å². The van der Waals surface area contributed by atoms with Crippen molar-refractivity contribution in [2.24, 2.45) is 0 Å². The number of nitrogen functional groups attached to an aromatic ring is 1. The van der Waals surface area contributed by atoms with Crippen molar-refractivity contribution in [1.29, 1.82) is 0 Å². The summed E-state index contributed by atoms with van der Waals surface area (Å²) >= 11 is 1.58. The van der Waals surface area contributed by atoms with E-state index in [0.717, 1.165) is 16.3 Å². The SMILES string of the molecule is Nc1ccn(CC(=O)Nc2ccc(-c3nccs3)cc2)n1. The molecule has 0 radical (unpaired) electrons. The fourth-order valence-electron chi connectivity index (χ4n) is 1.88. The number of hydrogen-bond donors (Lipinski definition) is 2. The summed E-state index contributed by atoms with van der Waals surface area (Å²) in [6, 6.07) is 9.22. The average molecular weight is 299 g/mol. The Bertz CT molecular complexity index is 733. The molecular formula is C14H13N5OS. The van der Waals surface area contributed by atoms with Gasteiger partial charge < -0.3 is 11.1 Å². The molecule has 0 unspecified atom stereocenters. The summed E-state index contributed by atoms with van der Waals surface area (Å²) in [6.45, 7) is 0.130. The van der Waals surface area contributed by atoms with Gasteiger partial charge in [0, 0.05) is 29.0 Å². The number of hydrogen-bond acceptors (Lipinski definition) is 5. The quantitative estimate of drug-likeness (QED) is 0.773. The van der Waals surface area contributed by atoms with E-state index >= 15 is 0 Å². The third-order valence-electron chi connectivity index (χ3n) is 2.81. The molecule has 0 fully saturated rings. The highest BCUT2D eigenvalue weighted by molar-refractivity contribution is 7.13. The summed E-state index contributed by atoms with van der Waals surface area (Å²) in [7, 11) is 0. The molecule has 0 saturated carbocycles. The number of carbonyl (C=O) groups is 1. The molecule has 7 heteroatoms. The summed E-state index contributed by atoms with van der Waals surface area (Å²) in [4.78, 5) is 16.1. The maximum Gasteiger partial charge on any atom is 0.246 e. The highest BCUT2D eigenvalue weighted by atomic mass is 32.1. The number of amides is 1. The fraction of sp³-hybridized carbons (Fsp3) is 0.0714. The van der Waals surface area contributed by atoms with Crippen molar-refractivity contribution in [2.75, 3.05) is 11.1 Å². The van der Waals surface area contributed by atoms with E-state index in [2.05, 4.69) is 15.4 Å². The minimum Gasteiger partial charge on any atom is -0.382 e. The van der Waals surface area contributed by atoms with Crippen molar-refractivity contribution in [2.45, 2.75) is 6.54 Å². The third-order valence-corrected chi connectivity index (χ3v) is 3.64. The third kappa shape index (κ3) is 3.26. The van der Waals surface area contributed by atoms with Gasteiger partial charge in [0.15, 0.2) is 0 Å². The molecule has 0 spiro atoms. The van der Waals surface area contributed by atoms with Crippen LogP contribution < -0.4 is 11.1 Å². The Kier molecular flexibility index (Phi) is 3.65. The van der Waals surface area contributed by atoms with Gasteiger partial charge in [-0.15, -0.1) is 11.3 Å². The highest BCUT2D eigenvalue weighted by Crippen LogP contribution is 2.23. The molecule has 6 nitrogen and oxygen atoms in total. The largest absolute Gasteiger partial charge is 0.382 e. The van der Waals surface area contributed by atoms with Crippen LogP contribution in [0.15, 0.2) is 48.1 Å². The smallest absolute Gasteiger partial charge is 0.246 e. The Morgan fingerprint density at radius 2 is 2.10 bits per heavy atom. The van der Waals surface area contributed by atoms with Crippen LogP contribution in [0.1, 0.15) is 0 Å². The summed E-state index contributed by atoms with van der Waals surface area (Å²) < 4.78 is 1.49. The Hall–Kier alpha value is -2.67. The van der Waals surface area contributed by atoms with Gasteiger partial charge in [0.25, 0.3) is 0 Å². The molecule has 3 rings (SSSR count). The number of thiazole rings is 1. The van der Waals surface area contributed by atoms with Gasteiger partial charge in [0.05, 0.1) is 0 Å². The first-order chi connectivity index (χ1) is 10.2. The fourth-order valence-corrected chi connectivity index (χ4v) is 2.52. The number of benzene rings is 1. The van der Waals surface area contributed by atoms with Crippen LogP contribution in [0, 0.1) is 0 Å². The van der Waals surface area contributed by atoms with Crippen LogP contribution in [0.2, 0.25) is 0 Å². The molecular weight excluding hydrogens is 286 g/mol. The highest BCUT2D eigenvalue weighted by Gasteiger charge is 2.05. The second-order valence-corrected chi connectivity index (χ2v) is 5.30. The number of nitrogens with two attached hydrogens (primary N) is 1. The van der Waals surface area contributed by atoms with Crippen molar-refractivity contribution in [1.82, 2.24) is 14.8 Å². The number of aromatic nitrogens is 3. The van der Waals surface area contributed by atoms with E-state index in [1.54, 1.807) is 29.8 Å². The Morgan fingerprint density at radius 3 is 2.71 bits per heavy atom. The second-order valence-electron chi connectivity index (χ2n) is 4.40. The molecule has 0 bridgehead atoms. The minimum atomic E-state index is -0.153. The van der Waals surface area contributed by atoms with Crippen LogP contribution in [0.4, 0.5) is 11.5 Å². The second kappa shape index (κ2) is 5.76. The number of nitrogens with zero attached hydrogens (tertiary/aromatic N) is 3. The van der Waals surface area contributed by atoms with Crippen LogP contribution in [0.5, 0.6) is 0 Å². The first kappa shape index (κ1) is 13.3. The van der Waals surface area contributed by atoms with E-state index < -0.39 is 0 Å². The van der Waals surface area contributed by atoms with Gasteiger partial charge in [-0.05, 0) is 30.3 Å². The zero-order valence-corrected chi connectivity index (χ0v) is 11.9. The van der Waals surface area contributed by atoms with Gasteiger partial charge in [-0.3, -0.25) is 9.48 Å². The molecule has 1 amide bonds. The predicted octanol–water partition coefficient (Wildman–Crippen LogP) is 2.23. The molecule has 106 valence electrons. The zero-order valence-electron chi connectivity index (χ0n) is 11.1. The lowest BCUT2D eigenvalue weighted by atomic mass is 10.2. The lowest BCUT2D eigenvalue weighted by molar-refractivity contribution is -0.116. The summed E-state index contributed by atoms with van der Waals surface area (Å²) in [6.07, 6.45) is 3.44. The van der Waals surface area contributed by atoms with Gasteiger partial charge in [0.1, 0.15) is 17.4 Å². The minimum absolute atomic E-state index is 0.130. The predicted molar refractivity (Wildman–Crippen MR) is 82.8 cm³/mol. The summed E-state index contributed by atoms with van der Waals surface area (Å²) in [5.41, 5.74) is 7.27. The molecule has 1 aromatic carbocycles. The van der Waals surface area contributed by atoms with E-state index in [1.165, 1.54) is 4.68 Å². The van der Waals surface area contributed by atoms with E-state index in [9.17, 15) is 4.79 Å². The van der Waals surface area contributed by atoms with Gasteiger partial charge in [-0.1, -0.05) is 0 Å². The maximum atomic E-state index is 11.9. The first-order valence-corrected chi connectivity index (χ1v) is 7.17. The molecule has 0 aliphatic rings. The van der Waals surface area contributed by atoms with Gasteiger partial charge >= 0.3 is 0 Å². The van der Waals surface area contributed by atoms with Gasteiger partial charge in [-0.25, -0.2) is 4.98 Å². The average Bonchev–Trinajstić information content (AvgIpc) is 3.11. The van der Waals surface area contributed by atoms with Gasteiger partial charge in [-0.2, -0.15) is 5.10 Å². The van der Waals surface area contributed by atoms with Crippen molar-refractivity contribution in [3.8, 4) is 10.6 Å². The monoisotopic (exact) mass is 299 g/mol. The molecule has 0 aliphatic carbocycles. The van der Waals surface area contributed by atoms with E-state index in [4.69, 9.17) is 5.73 Å². The van der Waals surface area contributed by atoms with E-state index in [1.807, 2.05) is 29.6 Å². The van der Waals surface area contributed by atoms with Crippen LogP contribution >= 0.6 is 11.3 Å². The van der Waals surface area contributed by atoms with Crippen LogP contribution in [0.3, 0.4) is 0 Å². The maximum absolute atomic E-state index is 11.9. The zero-order chi connectivity index (χ0) is 14.7. The molecule has 2 aromatic heterocycles. The first-order valence-electron chi connectivity index (χ1n) is 6.29. The molecule has 0 atom stereocenters. The molecule has 3 N–H and O–H groups in total. The van der Waals surface area contributed by atoms with Crippen LogP contribution in [-0.4, -0.2) is 20.7 Å². The Morgan fingerprint density at radius 1 is 1.29 bits per heavy atom. The number of carbonyl (C=O) groups excluding carboxylic acids is 1. The molecule has 0 aliphatic heterocycles. The summed E-state index contributed by atoms with van der Waals surface area (Å²) in [5, 5.41) is 9.67. The van der Waals surface area contributed by atoms with E-state index in [-0.39, 0.29) is 12.5 Å². The van der Waals surface area contributed by atoms with Crippen molar-refractivity contribution in [3.05, 3.63) is 48.1 Å². The van der Waals surface area contributed by atoms with Crippen molar-refractivity contribution >= 4 is 28.7 Å². The Labute approximate surface area is 125 Å². The van der Waals surface area contributed by atoms with Crippen LogP contribution in [0.25, 0.3) is 10.6 Å². The number of anilines is 2. The van der Waals surface area contributed by atoms with Gasteiger partial charge in [0.2, 0.25) is 5.91 Å². The standard InChI is InChI=1S/C14H13N5OS/c15-12-5-7-19(18-12)9-13(20)17-11-3-1-10(2-4-11)14-16-6-8-21-14/h1-8H,9H2,(H2,15,18)(H,17,20).